The Morgan fingerprint density at radius 3 is 2.49 bits per heavy atom. The molecule has 3 heterocycles. The largest absolute Gasteiger partial charge is 0.486 e. The summed E-state index contributed by atoms with van der Waals surface area (Å²) in [5.41, 5.74) is -1.83. The number of carbonyl (C=O) groups excluding carboxylic acids is 2. The van der Waals surface area contributed by atoms with Crippen LogP contribution in [0.15, 0.2) is 39.8 Å². The molecule has 230 valence electrons. The van der Waals surface area contributed by atoms with Crippen molar-refractivity contribution in [3.05, 3.63) is 46.6 Å². The van der Waals surface area contributed by atoms with E-state index in [4.69, 9.17) is 18.6 Å². The number of aromatic nitrogens is 1. The molecule has 2 unspecified atom stereocenters. The molecule has 5 aliphatic rings. The highest BCUT2D eigenvalue weighted by molar-refractivity contribution is 5.75. The second kappa shape index (κ2) is 9.91. The van der Waals surface area contributed by atoms with E-state index >= 15 is 0 Å². The average Bonchev–Trinajstić information content (AvgIpc) is 3.88. The summed E-state index contributed by atoms with van der Waals surface area (Å²) < 4.78 is 24.6. The summed E-state index contributed by atoms with van der Waals surface area (Å²) in [5, 5.41) is 12.1. The Hall–Kier alpha value is -3.20. The van der Waals surface area contributed by atoms with E-state index in [1.54, 1.807) is 24.5 Å². The van der Waals surface area contributed by atoms with E-state index in [1.807, 2.05) is 13.0 Å². The summed E-state index contributed by atoms with van der Waals surface area (Å²) in [6.07, 6.45) is 7.07. The van der Waals surface area contributed by atoms with Crippen LogP contribution in [-0.2, 0) is 19.1 Å². The van der Waals surface area contributed by atoms with Gasteiger partial charge in [-0.3, -0.25) is 14.6 Å². The van der Waals surface area contributed by atoms with E-state index in [9.17, 15) is 19.5 Å². The molecule has 0 amide bonds. The quantitative estimate of drug-likeness (QED) is 0.449. The average molecular weight is 592 g/mol. The summed E-state index contributed by atoms with van der Waals surface area (Å²) >= 11 is 0. The normalized spacial score (nSPS) is 38.1. The topological polar surface area (TPSA) is 125 Å². The van der Waals surface area contributed by atoms with Gasteiger partial charge in [-0.25, -0.2) is 4.79 Å². The third kappa shape index (κ3) is 4.52. The van der Waals surface area contributed by atoms with Gasteiger partial charge in [-0.05, 0) is 81.3 Å². The van der Waals surface area contributed by atoms with Gasteiger partial charge in [0, 0.05) is 35.4 Å². The van der Waals surface area contributed by atoms with E-state index in [-0.39, 0.29) is 47.8 Å². The maximum atomic E-state index is 13.5. The van der Waals surface area contributed by atoms with Gasteiger partial charge in [0.1, 0.15) is 35.4 Å². The summed E-state index contributed by atoms with van der Waals surface area (Å²) in [7, 11) is 0. The van der Waals surface area contributed by atoms with Gasteiger partial charge in [0.05, 0.1) is 17.9 Å². The second-order valence-electron chi connectivity index (χ2n) is 14.4. The van der Waals surface area contributed by atoms with Crippen LogP contribution in [0.1, 0.15) is 84.3 Å². The first kappa shape index (κ1) is 28.6. The van der Waals surface area contributed by atoms with Crippen LogP contribution in [0.3, 0.4) is 0 Å². The molecule has 2 aromatic rings. The maximum Gasteiger partial charge on any atom is 0.345 e. The molecule has 4 saturated carbocycles. The van der Waals surface area contributed by atoms with Crippen molar-refractivity contribution in [3.8, 4) is 17.1 Å². The van der Waals surface area contributed by atoms with Crippen molar-refractivity contribution in [1.29, 1.82) is 0 Å². The molecule has 0 saturated heterocycles. The Bertz CT molecular complexity index is 1500. The smallest absolute Gasteiger partial charge is 0.345 e. The van der Waals surface area contributed by atoms with Crippen LogP contribution in [0.5, 0.6) is 5.75 Å². The first-order chi connectivity index (χ1) is 20.5. The standard InChI is InChI=1S/C34H41NO8/c1-18-14-24-32(2,12-11-25(42-30(38)20-9-10-20)33(24,3)17-40-29(37)19-7-8-19)28-27(36)26-23(43-34(18,28)4)15-22(41-31(26)39)21-6-5-13-35-16-21/h5-6,13,15-16,18-20,24-25,27-28,36H,7-12,14,17H2,1-4H3/t18-,24?,25-,27-,28?,32-,33-,34+/m0/s1. The summed E-state index contributed by atoms with van der Waals surface area (Å²) in [5.74, 6) is -0.333. The molecule has 0 aromatic carbocycles. The fourth-order valence-corrected chi connectivity index (χ4v) is 8.71. The molecule has 1 N–H and O–H groups in total. The molecule has 2 aromatic heterocycles. The third-order valence-electron chi connectivity index (χ3n) is 11.6. The number of hydrogen-bond acceptors (Lipinski definition) is 9. The van der Waals surface area contributed by atoms with Crippen molar-refractivity contribution in [3.63, 3.8) is 0 Å². The van der Waals surface area contributed by atoms with E-state index in [0.29, 0.717) is 29.9 Å². The predicted octanol–water partition coefficient (Wildman–Crippen LogP) is 5.24. The fraction of sp³-hybridized carbons (Fsp3) is 0.647. The number of ether oxygens (including phenoxy) is 3. The zero-order chi connectivity index (χ0) is 30.3. The number of fused-ring (bicyclic) bond motifs is 4. The zero-order valence-electron chi connectivity index (χ0n) is 25.3. The third-order valence-corrected chi connectivity index (χ3v) is 11.6. The Kier molecular flexibility index (Phi) is 6.58. The van der Waals surface area contributed by atoms with Crippen molar-refractivity contribution < 1.29 is 33.3 Å². The number of carbonyl (C=O) groups is 2. The lowest BCUT2D eigenvalue weighted by Crippen LogP contribution is -2.69. The van der Waals surface area contributed by atoms with Crippen LogP contribution >= 0.6 is 0 Å². The highest BCUT2D eigenvalue weighted by Crippen LogP contribution is 2.68. The first-order valence-corrected chi connectivity index (χ1v) is 15.8. The number of pyridine rings is 1. The Labute approximate surface area is 251 Å². The molecule has 9 nitrogen and oxygen atoms in total. The molecule has 4 aliphatic carbocycles. The van der Waals surface area contributed by atoms with Crippen molar-refractivity contribution in [2.75, 3.05) is 6.61 Å². The predicted molar refractivity (Wildman–Crippen MR) is 155 cm³/mol. The lowest BCUT2D eigenvalue weighted by Gasteiger charge is -2.67. The summed E-state index contributed by atoms with van der Waals surface area (Å²) in [6, 6.07) is 5.26. The Balaban J connectivity index is 1.27. The van der Waals surface area contributed by atoms with Gasteiger partial charge in [0.15, 0.2) is 0 Å². The van der Waals surface area contributed by atoms with E-state index in [2.05, 4.69) is 25.8 Å². The van der Waals surface area contributed by atoms with Gasteiger partial charge in [-0.15, -0.1) is 0 Å². The fourth-order valence-electron chi connectivity index (χ4n) is 8.71. The number of rotatable bonds is 6. The molecule has 0 radical (unpaired) electrons. The van der Waals surface area contributed by atoms with E-state index in [0.717, 1.165) is 32.1 Å². The van der Waals surface area contributed by atoms with Gasteiger partial charge in [-0.1, -0.05) is 20.8 Å². The molecule has 0 spiro atoms. The Morgan fingerprint density at radius 1 is 1.09 bits per heavy atom. The van der Waals surface area contributed by atoms with Crippen LogP contribution in [0, 0.1) is 40.4 Å². The van der Waals surface area contributed by atoms with Gasteiger partial charge >= 0.3 is 17.6 Å². The van der Waals surface area contributed by atoms with Crippen molar-refractivity contribution in [2.45, 2.75) is 90.4 Å². The van der Waals surface area contributed by atoms with Crippen molar-refractivity contribution in [2.24, 2.45) is 40.4 Å². The van der Waals surface area contributed by atoms with Crippen LogP contribution in [0.25, 0.3) is 11.3 Å². The van der Waals surface area contributed by atoms with Crippen LogP contribution in [0.4, 0.5) is 0 Å². The van der Waals surface area contributed by atoms with Gasteiger partial charge in [0.2, 0.25) is 0 Å². The van der Waals surface area contributed by atoms with Gasteiger partial charge in [0.25, 0.3) is 0 Å². The molecular formula is C34H41NO8. The lowest BCUT2D eigenvalue weighted by molar-refractivity contribution is -0.254. The second-order valence-corrected chi connectivity index (χ2v) is 14.4. The highest BCUT2D eigenvalue weighted by atomic mass is 16.6. The van der Waals surface area contributed by atoms with Gasteiger partial charge in [-0.2, -0.15) is 0 Å². The molecular weight excluding hydrogens is 550 g/mol. The monoisotopic (exact) mass is 591 g/mol. The van der Waals surface area contributed by atoms with Crippen molar-refractivity contribution in [1.82, 2.24) is 4.98 Å². The summed E-state index contributed by atoms with van der Waals surface area (Å²) in [6.45, 7) is 8.54. The summed E-state index contributed by atoms with van der Waals surface area (Å²) in [4.78, 5) is 43.3. The van der Waals surface area contributed by atoms with E-state index in [1.165, 1.54) is 0 Å². The number of nitrogens with zero attached hydrogens (tertiary/aromatic N) is 1. The van der Waals surface area contributed by atoms with Crippen LogP contribution in [-0.4, -0.2) is 40.3 Å². The van der Waals surface area contributed by atoms with Crippen LogP contribution < -0.4 is 10.4 Å². The Morgan fingerprint density at radius 2 is 1.81 bits per heavy atom. The molecule has 1 aliphatic heterocycles. The lowest BCUT2D eigenvalue weighted by atomic mass is 9.41. The molecule has 8 atom stereocenters. The molecule has 0 bridgehead atoms. The molecule has 43 heavy (non-hydrogen) atoms. The zero-order valence-corrected chi connectivity index (χ0v) is 25.3. The van der Waals surface area contributed by atoms with Crippen LogP contribution in [0.2, 0.25) is 0 Å². The number of aliphatic hydroxyl groups is 1. The molecule has 9 heteroatoms. The molecule has 7 rings (SSSR count). The minimum Gasteiger partial charge on any atom is -0.486 e. The highest BCUT2D eigenvalue weighted by Gasteiger charge is 2.69. The molecule has 4 fully saturated rings. The number of esters is 2. The van der Waals surface area contributed by atoms with Crippen molar-refractivity contribution >= 4 is 11.9 Å². The minimum absolute atomic E-state index is 0.0381. The maximum absolute atomic E-state index is 13.5. The number of hydrogen-bond donors (Lipinski definition) is 1. The SMILES string of the molecule is C[C@H]1CC2[C@](C)(CC[C@H](OC(=O)C3CC3)[C@@]2(C)COC(=O)C2CC2)C2[C@@H](O)c3c(cc(-c4cccnc4)oc3=O)O[C@@]21C. The van der Waals surface area contributed by atoms with Gasteiger partial charge < -0.3 is 23.7 Å². The first-order valence-electron chi connectivity index (χ1n) is 15.8. The minimum atomic E-state index is -1.13. The van der Waals surface area contributed by atoms with E-state index < -0.39 is 40.2 Å². The number of aliphatic hydroxyl groups excluding tert-OH is 1.